The molecule has 0 spiro atoms. The molecule has 4 rings (SSSR count). The molecule has 2 bridgehead atoms. The molecule has 0 aliphatic carbocycles. The largest absolute Gasteiger partial charge is 0.378 e. The van der Waals surface area contributed by atoms with Gasteiger partial charge in [-0.2, -0.15) is 4.31 Å². The third-order valence-electron chi connectivity index (χ3n) is 5.83. The first kappa shape index (κ1) is 18.9. The molecule has 4 atom stereocenters. The lowest BCUT2D eigenvalue weighted by molar-refractivity contribution is -0.123. The van der Waals surface area contributed by atoms with E-state index in [1.807, 2.05) is 6.07 Å². The topological polar surface area (TPSA) is 79.0 Å². The quantitative estimate of drug-likeness (QED) is 0.774. The van der Waals surface area contributed by atoms with Gasteiger partial charge in [0.1, 0.15) is 0 Å². The number of rotatable bonds is 6. The molecule has 148 valence electrons. The number of nitrogens with one attached hydrogen (secondary N) is 1. The summed E-state index contributed by atoms with van der Waals surface area (Å²) in [6.07, 6.45) is 3.21. The van der Waals surface area contributed by atoms with Crippen molar-refractivity contribution in [2.24, 2.45) is 0 Å². The van der Waals surface area contributed by atoms with E-state index in [-0.39, 0.29) is 24.1 Å². The first-order valence-electron chi connectivity index (χ1n) is 9.73. The maximum absolute atomic E-state index is 13.1. The molecule has 0 radical (unpaired) electrons. The molecule has 1 aromatic rings. The standard InChI is InChI=1S/C19H27N3O4S/c23-19(11-17-5-4-10-26-17)20-12-16-14-22(15-8-9-21(16)13-15)27(24,25)18-6-2-1-3-7-18/h1-3,6-7,15-17H,4-5,8-14H2,(H,20,23)/t15-,16+,17-/m0/s1. The molecular formula is C19H27N3O4S. The normalized spacial score (nSPS) is 31.1. The summed E-state index contributed by atoms with van der Waals surface area (Å²) in [6.45, 7) is 3.24. The van der Waals surface area contributed by atoms with Crippen molar-refractivity contribution in [3.63, 3.8) is 0 Å². The Bertz CT molecular complexity index is 764. The molecule has 0 aromatic heterocycles. The molecule has 3 saturated heterocycles. The molecule has 1 unspecified atom stereocenters. The van der Waals surface area contributed by atoms with Gasteiger partial charge in [0.05, 0.1) is 17.4 Å². The van der Waals surface area contributed by atoms with Gasteiger partial charge in [-0.3, -0.25) is 9.69 Å². The van der Waals surface area contributed by atoms with E-state index in [4.69, 9.17) is 4.74 Å². The zero-order chi connectivity index (χ0) is 18.9. The third kappa shape index (κ3) is 4.03. The van der Waals surface area contributed by atoms with Crippen LogP contribution in [-0.4, -0.2) is 74.5 Å². The molecule has 7 nitrogen and oxygen atoms in total. The fraction of sp³-hybridized carbons (Fsp3) is 0.632. The Kier molecular flexibility index (Phi) is 5.50. The van der Waals surface area contributed by atoms with Gasteiger partial charge in [-0.05, 0) is 31.4 Å². The summed E-state index contributed by atoms with van der Waals surface area (Å²) >= 11 is 0. The van der Waals surface area contributed by atoms with Crippen LogP contribution in [0.4, 0.5) is 0 Å². The SMILES string of the molecule is O=C(C[C@@H]1CCCO1)NC[C@@H]1CN(S(=O)(=O)c2ccccc2)[C@H]2CCN1C2. The molecule has 1 N–H and O–H groups in total. The van der Waals surface area contributed by atoms with Crippen LogP contribution in [0.1, 0.15) is 25.7 Å². The fourth-order valence-corrected chi connectivity index (χ4v) is 6.04. The van der Waals surface area contributed by atoms with Gasteiger partial charge < -0.3 is 10.1 Å². The molecule has 27 heavy (non-hydrogen) atoms. The van der Waals surface area contributed by atoms with E-state index in [9.17, 15) is 13.2 Å². The van der Waals surface area contributed by atoms with E-state index in [1.54, 1.807) is 28.6 Å². The number of nitrogens with zero attached hydrogens (tertiary/aromatic N) is 2. The third-order valence-corrected chi connectivity index (χ3v) is 7.76. The maximum atomic E-state index is 13.1. The van der Waals surface area contributed by atoms with Crippen LogP contribution in [0.25, 0.3) is 0 Å². The van der Waals surface area contributed by atoms with Gasteiger partial charge in [0.15, 0.2) is 0 Å². The number of sulfonamides is 1. The summed E-state index contributed by atoms with van der Waals surface area (Å²) in [7, 11) is -3.51. The molecule has 3 fully saturated rings. The average Bonchev–Trinajstić information content (AvgIpc) is 3.32. The van der Waals surface area contributed by atoms with Crippen molar-refractivity contribution in [2.45, 2.75) is 48.8 Å². The minimum atomic E-state index is -3.51. The number of hydrogen-bond acceptors (Lipinski definition) is 5. The van der Waals surface area contributed by atoms with E-state index in [0.29, 0.717) is 24.4 Å². The van der Waals surface area contributed by atoms with Gasteiger partial charge in [-0.15, -0.1) is 0 Å². The van der Waals surface area contributed by atoms with Crippen molar-refractivity contribution in [3.05, 3.63) is 30.3 Å². The van der Waals surface area contributed by atoms with Crippen LogP contribution in [0, 0.1) is 0 Å². The van der Waals surface area contributed by atoms with Gasteiger partial charge in [-0.25, -0.2) is 8.42 Å². The van der Waals surface area contributed by atoms with E-state index >= 15 is 0 Å². The number of carbonyl (C=O) groups is 1. The van der Waals surface area contributed by atoms with Crippen molar-refractivity contribution < 1.29 is 17.9 Å². The van der Waals surface area contributed by atoms with Gasteiger partial charge in [0, 0.05) is 44.9 Å². The Labute approximate surface area is 160 Å². The molecule has 3 heterocycles. The Morgan fingerprint density at radius 3 is 2.74 bits per heavy atom. The Balaban J connectivity index is 1.40. The average molecular weight is 394 g/mol. The highest BCUT2D eigenvalue weighted by Crippen LogP contribution is 2.30. The molecule has 1 amide bonds. The minimum absolute atomic E-state index is 0.00989. The van der Waals surface area contributed by atoms with Crippen LogP contribution >= 0.6 is 0 Å². The highest BCUT2D eigenvalue weighted by atomic mass is 32.2. The number of ether oxygens (including phenoxy) is 1. The Morgan fingerprint density at radius 2 is 2.00 bits per heavy atom. The lowest BCUT2D eigenvalue weighted by Crippen LogP contribution is -2.57. The van der Waals surface area contributed by atoms with Crippen molar-refractivity contribution in [1.82, 2.24) is 14.5 Å². The van der Waals surface area contributed by atoms with Crippen molar-refractivity contribution in [1.29, 1.82) is 0 Å². The van der Waals surface area contributed by atoms with Crippen LogP contribution in [0.3, 0.4) is 0 Å². The zero-order valence-electron chi connectivity index (χ0n) is 15.4. The maximum Gasteiger partial charge on any atom is 0.243 e. The van der Waals surface area contributed by atoms with Crippen LogP contribution in [0.2, 0.25) is 0 Å². The number of piperazine rings is 1. The van der Waals surface area contributed by atoms with Crippen LogP contribution in [0.15, 0.2) is 35.2 Å². The zero-order valence-corrected chi connectivity index (χ0v) is 16.2. The number of carbonyl (C=O) groups excluding carboxylic acids is 1. The first-order valence-corrected chi connectivity index (χ1v) is 11.2. The van der Waals surface area contributed by atoms with Gasteiger partial charge in [-0.1, -0.05) is 18.2 Å². The molecule has 0 saturated carbocycles. The summed E-state index contributed by atoms with van der Waals surface area (Å²) in [4.78, 5) is 14.8. The van der Waals surface area contributed by atoms with Gasteiger partial charge in [0.25, 0.3) is 0 Å². The van der Waals surface area contributed by atoms with Crippen LogP contribution in [-0.2, 0) is 19.6 Å². The summed E-state index contributed by atoms with van der Waals surface area (Å²) in [5, 5.41) is 2.99. The van der Waals surface area contributed by atoms with Crippen molar-refractivity contribution >= 4 is 15.9 Å². The summed E-state index contributed by atoms with van der Waals surface area (Å²) in [6, 6.07) is 8.65. The highest BCUT2D eigenvalue weighted by Gasteiger charge is 2.44. The van der Waals surface area contributed by atoms with Gasteiger partial charge >= 0.3 is 0 Å². The smallest absolute Gasteiger partial charge is 0.243 e. The summed E-state index contributed by atoms with van der Waals surface area (Å²) < 4.78 is 33.3. The lowest BCUT2D eigenvalue weighted by atomic mass is 10.1. The highest BCUT2D eigenvalue weighted by molar-refractivity contribution is 7.89. The van der Waals surface area contributed by atoms with E-state index in [2.05, 4.69) is 10.2 Å². The van der Waals surface area contributed by atoms with E-state index in [1.165, 1.54) is 0 Å². The summed E-state index contributed by atoms with van der Waals surface area (Å²) in [5.74, 6) is -0.0133. The number of hydrogen-bond donors (Lipinski definition) is 1. The lowest BCUT2D eigenvalue weighted by Gasteiger charge is -2.39. The van der Waals surface area contributed by atoms with E-state index in [0.717, 1.165) is 39.0 Å². The predicted octanol–water partition coefficient (Wildman–Crippen LogP) is 0.819. The molecule has 8 heteroatoms. The van der Waals surface area contributed by atoms with Gasteiger partial charge in [0.2, 0.25) is 15.9 Å². The number of fused-ring (bicyclic) bond motifs is 2. The number of amides is 1. The molecule has 3 aliphatic rings. The second-order valence-corrected chi connectivity index (χ2v) is 9.51. The second kappa shape index (κ2) is 7.87. The minimum Gasteiger partial charge on any atom is -0.378 e. The second-order valence-electron chi connectivity index (χ2n) is 7.62. The van der Waals surface area contributed by atoms with Crippen molar-refractivity contribution in [3.8, 4) is 0 Å². The first-order chi connectivity index (χ1) is 13.0. The molecular weight excluding hydrogens is 366 g/mol. The Hall–Kier alpha value is -1.48. The van der Waals surface area contributed by atoms with Crippen LogP contribution < -0.4 is 5.32 Å². The molecule has 1 aromatic carbocycles. The predicted molar refractivity (Wildman–Crippen MR) is 101 cm³/mol. The van der Waals surface area contributed by atoms with Crippen LogP contribution in [0.5, 0.6) is 0 Å². The molecule has 3 aliphatic heterocycles. The summed E-state index contributed by atoms with van der Waals surface area (Å²) in [5.41, 5.74) is 0. The fourth-order valence-electron chi connectivity index (χ4n) is 4.34. The monoisotopic (exact) mass is 393 g/mol. The Morgan fingerprint density at radius 1 is 1.19 bits per heavy atom. The van der Waals surface area contributed by atoms with E-state index < -0.39 is 10.0 Å². The number of benzene rings is 1. The van der Waals surface area contributed by atoms with Crippen molar-refractivity contribution in [2.75, 3.05) is 32.8 Å².